The van der Waals surface area contributed by atoms with Crippen LogP contribution < -0.4 is 5.32 Å². The van der Waals surface area contributed by atoms with Crippen LogP contribution in [-0.4, -0.2) is 85.5 Å². The third-order valence-corrected chi connectivity index (χ3v) is 6.39. The molecule has 1 unspecified atom stereocenters. The van der Waals surface area contributed by atoms with E-state index < -0.39 is 0 Å². The quantitative estimate of drug-likeness (QED) is 0.364. The van der Waals surface area contributed by atoms with E-state index >= 15 is 0 Å². The first kappa shape index (κ1) is 24.9. The lowest BCUT2D eigenvalue weighted by Crippen LogP contribution is -2.57. The zero-order valence-corrected chi connectivity index (χ0v) is 21.3. The van der Waals surface area contributed by atoms with Gasteiger partial charge in [-0.15, -0.1) is 24.0 Å². The summed E-state index contributed by atoms with van der Waals surface area (Å²) in [5.74, 6) is 1.25. The number of hydrogen-bond donors (Lipinski definition) is 1. The molecule has 0 aromatic heterocycles. The van der Waals surface area contributed by atoms with Gasteiger partial charge in [0.25, 0.3) is 0 Å². The van der Waals surface area contributed by atoms with Crippen molar-refractivity contribution in [3.8, 4) is 0 Å². The number of guanidine groups is 1. The van der Waals surface area contributed by atoms with Crippen molar-refractivity contribution in [3.05, 3.63) is 35.9 Å². The summed E-state index contributed by atoms with van der Waals surface area (Å²) in [5, 5.41) is 3.57. The minimum atomic E-state index is -0.0257. The topological polar surface area (TPSA) is 51.2 Å². The molecule has 2 aliphatic rings. The Kier molecular flexibility index (Phi) is 9.40. The molecule has 2 heterocycles. The Balaban J connectivity index is 0.00000320. The number of benzene rings is 1. The first-order valence-corrected chi connectivity index (χ1v) is 11.0. The molecule has 0 spiro atoms. The van der Waals surface area contributed by atoms with Gasteiger partial charge < -0.3 is 15.1 Å². The van der Waals surface area contributed by atoms with E-state index in [9.17, 15) is 4.79 Å². The van der Waals surface area contributed by atoms with Crippen molar-refractivity contribution in [2.75, 3.05) is 52.9 Å². The Morgan fingerprint density at radius 1 is 1.03 bits per heavy atom. The highest BCUT2D eigenvalue weighted by Gasteiger charge is 2.31. The Labute approximate surface area is 199 Å². The summed E-state index contributed by atoms with van der Waals surface area (Å²) in [7, 11) is 1.85. The summed E-state index contributed by atoms with van der Waals surface area (Å²) in [6.07, 6.45) is 2.29. The number of likely N-dealkylation sites (tertiary alicyclic amines) is 1. The van der Waals surface area contributed by atoms with Gasteiger partial charge in [-0.1, -0.05) is 44.2 Å². The molecule has 7 heteroatoms. The lowest BCUT2D eigenvalue weighted by Gasteiger charge is -2.40. The van der Waals surface area contributed by atoms with Gasteiger partial charge in [-0.05, 0) is 25.3 Å². The SMILES string of the molecule is CN=C(NCC(C)(C)c1ccccc1)N1CCN(C(C)C(=O)N2CCCC2)CC1.I. The second-order valence-corrected chi connectivity index (χ2v) is 8.88. The molecule has 0 radical (unpaired) electrons. The van der Waals surface area contributed by atoms with Crippen LogP contribution in [-0.2, 0) is 10.2 Å². The second-order valence-electron chi connectivity index (χ2n) is 8.88. The third kappa shape index (κ3) is 6.09. The van der Waals surface area contributed by atoms with Gasteiger partial charge in [0.15, 0.2) is 5.96 Å². The molecule has 1 amide bonds. The van der Waals surface area contributed by atoms with E-state index in [4.69, 9.17) is 0 Å². The molecule has 6 nitrogen and oxygen atoms in total. The fourth-order valence-corrected chi connectivity index (χ4v) is 4.30. The van der Waals surface area contributed by atoms with E-state index in [1.54, 1.807) is 0 Å². The van der Waals surface area contributed by atoms with Crippen LogP contribution in [0.1, 0.15) is 39.2 Å². The van der Waals surface area contributed by atoms with Gasteiger partial charge in [0.2, 0.25) is 5.91 Å². The first-order valence-electron chi connectivity index (χ1n) is 11.0. The smallest absolute Gasteiger partial charge is 0.239 e. The molecule has 2 aliphatic heterocycles. The molecule has 1 aromatic rings. The molecule has 1 aromatic carbocycles. The van der Waals surface area contributed by atoms with Gasteiger partial charge in [0, 0.05) is 58.3 Å². The number of amides is 1. The number of hydrogen-bond acceptors (Lipinski definition) is 3. The predicted molar refractivity (Wildman–Crippen MR) is 135 cm³/mol. The molecule has 2 saturated heterocycles. The number of halogens is 1. The molecular formula is C23H38IN5O. The van der Waals surface area contributed by atoms with Gasteiger partial charge in [-0.2, -0.15) is 0 Å². The van der Waals surface area contributed by atoms with Crippen molar-refractivity contribution in [2.24, 2.45) is 4.99 Å². The highest BCUT2D eigenvalue weighted by Crippen LogP contribution is 2.22. The zero-order chi connectivity index (χ0) is 20.9. The van der Waals surface area contributed by atoms with Crippen LogP contribution in [0, 0.1) is 0 Å². The minimum Gasteiger partial charge on any atom is -0.355 e. The Morgan fingerprint density at radius 3 is 2.20 bits per heavy atom. The van der Waals surface area contributed by atoms with E-state index in [2.05, 4.69) is 71.2 Å². The van der Waals surface area contributed by atoms with Gasteiger partial charge in [-0.25, -0.2) is 0 Å². The molecule has 2 fully saturated rings. The molecule has 0 aliphatic carbocycles. The molecule has 1 atom stereocenters. The monoisotopic (exact) mass is 527 g/mol. The Bertz CT molecular complexity index is 695. The van der Waals surface area contributed by atoms with Gasteiger partial charge in [-0.3, -0.25) is 14.7 Å². The van der Waals surface area contributed by atoms with Crippen LogP contribution in [0.25, 0.3) is 0 Å². The summed E-state index contributed by atoms with van der Waals surface area (Å²) in [4.78, 5) is 23.9. The summed E-state index contributed by atoms with van der Waals surface area (Å²) < 4.78 is 0. The molecule has 1 N–H and O–H groups in total. The molecule has 30 heavy (non-hydrogen) atoms. The summed E-state index contributed by atoms with van der Waals surface area (Å²) >= 11 is 0. The largest absolute Gasteiger partial charge is 0.355 e. The third-order valence-electron chi connectivity index (χ3n) is 6.39. The minimum absolute atomic E-state index is 0. The van der Waals surface area contributed by atoms with Gasteiger partial charge in [0.05, 0.1) is 6.04 Å². The van der Waals surface area contributed by atoms with Crippen LogP contribution >= 0.6 is 24.0 Å². The van der Waals surface area contributed by atoms with Crippen LogP contribution in [0.2, 0.25) is 0 Å². The van der Waals surface area contributed by atoms with Crippen LogP contribution in [0.3, 0.4) is 0 Å². The number of nitrogens with one attached hydrogen (secondary N) is 1. The van der Waals surface area contributed by atoms with Crippen molar-refractivity contribution in [3.63, 3.8) is 0 Å². The first-order chi connectivity index (χ1) is 13.9. The lowest BCUT2D eigenvalue weighted by atomic mass is 9.85. The normalized spacial score (nSPS) is 19.4. The van der Waals surface area contributed by atoms with E-state index in [-0.39, 0.29) is 35.4 Å². The Hall–Kier alpha value is -1.35. The number of carbonyl (C=O) groups excluding carboxylic acids is 1. The predicted octanol–water partition coefficient (Wildman–Crippen LogP) is 2.79. The average molecular weight is 527 g/mol. The van der Waals surface area contributed by atoms with E-state index in [0.29, 0.717) is 5.91 Å². The number of rotatable bonds is 5. The number of carbonyl (C=O) groups is 1. The summed E-state index contributed by atoms with van der Waals surface area (Å²) in [6.45, 7) is 12.8. The maximum Gasteiger partial charge on any atom is 0.239 e. The van der Waals surface area contributed by atoms with E-state index in [1.165, 1.54) is 5.56 Å². The van der Waals surface area contributed by atoms with Crippen molar-refractivity contribution in [2.45, 2.75) is 45.1 Å². The number of nitrogens with zero attached hydrogens (tertiary/aromatic N) is 4. The average Bonchev–Trinajstić information content (AvgIpc) is 3.29. The van der Waals surface area contributed by atoms with Gasteiger partial charge in [0.1, 0.15) is 0 Å². The van der Waals surface area contributed by atoms with Crippen molar-refractivity contribution in [1.29, 1.82) is 0 Å². The van der Waals surface area contributed by atoms with Crippen molar-refractivity contribution >= 4 is 35.8 Å². The standard InChI is InChI=1S/C23H37N5O.HI/c1-19(21(29)27-12-8-9-13-27)26-14-16-28(17-15-26)22(24-4)25-18-23(2,3)20-10-6-5-7-11-20;/h5-7,10-11,19H,8-9,12-18H2,1-4H3,(H,24,25);1H. The van der Waals surface area contributed by atoms with Crippen molar-refractivity contribution < 1.29 is 4.79 Å². The number of piperazine rings is 1. The van der Waals surface area contributed by atoms with Crippen molar-refractivity contribution in [1.82, 2.24) is 20.0 Å². The fourth-order valence-electron chi connectivity index (χ4n) is 4.30. The van der Waals surface area contributed by atoms with Crippen LogP contribution in [0.5, 0.6) is 0 Å². The highest BCUT2D eigenvalue weighted by atomic mass is 127. The molecule has 3 rings (SSSR count). The van der Waals surface area contributed by atoms with Gasteiger partial charge >= 0.3 is 0 Å². The summed E-state index contributed by atoms with van der Waals surface area (Å²) in [6, 6.07) is 10.6. The highest BCUT2D eigenvalue weighted by molar-refractivity contribution is 14.0. The molecule has 168 valence electrons. The summed E-state index contributed by atoms with van der Waals surface area (Å²) in [5.41, 5.74) is 1.34. The second kappa shape index (κ2) is 11.3. The van der Waals surface area contributed by atoms with E-state index in [1.807, 2.05) is 11.9 Å². The van der Waals surface area contributed by atoms with Crippen LogP contribution in [0.15, 0.2) is 35.3 Å². The van der Waals surface area contributed by atoms with E-state index in [0.717, 1.165) is 64.6 Å². The Morgan fingerprint density at radius 2 is 1.63 bits per heavy atom. The maximum absolute atomic E-state index is 12.7. The maximum atomic E-state index is 12.7. The molecule has 0 bridgehead atoms. The fraction of sp³-hybridized carbons (Fsp3) is 0.652. The van der Waals surface area contributed by atoms with Crippen LogP contribution in [0.4, 0.5) is 0 Å². The zero-order valence-electron chi connectivity index (χ0n) is 18.9. The molecule has 0 saturated carbocycles. The molecular weight excluding hydrogens is 489 g/mol. The lowest BCUT2D eigenvalue weighted by molar-refractivity contribution is -0.135. The number of aliphatic imine (C=N–C) groups is 1.